The Morgan fingerprint density at radius 3 is 1.71 bits per heavy atom. The third-order valence-electron chi connectivity index (χ3n) is 20.2. The van der Waals surface area contributed by atoms with Crippen LogP contribution in [0.5, 0.6) is 0 Å². The molecule has 15 N–H and O–H groups in total. The summed E-state index contributed by atoms with van der Waals surface area (Å²) in [5.41, 5.74) is -0.902. The lowest BCUT2D eigenvalue weighted by Gasteiger charge is -2.68. The monoisotopic (exact) mass is 1110 g/mol. The molecule has 4 aliphatic carbocycles. The van der Waals surface area contributed by atoms with Gasteiger partial charge in [0.15, 0.2) is 25.2 Å². The van der Waals surface area contributed by atoms with Gasteiger partial charge in [0.1, 0.15) is 97.7 Å². The first kappa shape index (κ1) is 61.6. The van der Waals surface area contributed by atoms with Crippen LogP contribution in [0, 0.1) is 39.4 Å². The van der Waals surface area contributed by atoms with Crippen molar-refractivity contribution in [3.63, 3.8) is 0 Å². The Balaban J connectivity index is 1.03. The summed E-state index contributed by atoms with van der Waals surface area (Å²) in [7, 11) is 0. The minimum atomic E-state index is -1.83. The second-order valence-electron chi connectivity index (χ2n) is 25.3. The topological polar surface area (TPSA) is 377 Å². The molecular formula is C54H90O23. The standard InChI is InChI=1S/C54H90O23/c1-23(2)10-9-14-54(8,77-48-44(69)40(65)37(62)29(74-48)22-70-46-42(67)38(63)34(59)26(19-55)71-46)24-11-16-53(7)33(24)25(58)18-31-51(5)15-13-32(50(3,4)30(51)12-17-52(31,53)6)75-49-45(41(66)36(61)28(21-57)73-49)76-47-43(68)39(64)35(60)27(20-56)72-47/h10,12,24-29,31-49,55-69H,9,11,13-22H2,1-8H3/t24-,25-,26+,27+,28+,29+,31+,32+,33-,34+,35+,36+,37+,38-,39-,40-,41-,42+,43+,44+,45+,46+,47-,48-,49-,51-,52+,53+,54-/m0/s1. The quantitative estimate of drug-likeness (QED) is 0.0724. The molecule has 0 aromatic rings. The lowest BCUT2D eigenvalue weighted by molar-refractivity contribution is -0.375. The minimum Gasteiger partial charge on any atom is -0.394 e. The van der Waals surface area contributed by atoms with Gasteiger partial charge in [0.25, 0.3) is 0 Å². The number of aliphatic hydroxyl groups is 15. The molecule has 4 saturated heterocycles. The molecule has 0 bridgehead atoms. The molecule has 0 radical (unpaired) electrons. The predicted molar refractivity (Wildman–Crippen MR) is 266 cm³/mol. The Labute approximate surface area is 449 Å². The molecule has 0 spiro atoms. The van der Waals surface area contributed by atoms with Gasteiger partial charge in [-0.25, -0.2) is 0 Å². The third-order valence-corrected chi connectivity index (χ3v) is 20.2. The van der Waals surface area contributed by atoms with Crippen molar-refractivity contribution in [1.82, 2.24) is 0 Å². The van der Waals surface area contributed by atoms with E-state index in [1.165, 1.54) is 0 Å². The van der Waals surface area contributed by atoms with Crippen molar-refractivity contribution in [1.29, 1.82) is 0 Å². The van der Waals surface area contributed by atoms with Gasteiger partial charge in [-0.2, -0.15) is 0 Å². The lowest BCUT2D eigenvalue weighted by atomic mass is 9.37. The van der Waals surface area contributed by atoms with Gasteiger partial charge >= 0.3 is 0 Å². The molecule has 4 aliphatic heterocycles. The van der Waals surface area contributed by atoms with Crippen molar-refractivity contribution in [3.8, 4) is 0 Å². The van der Waals surface area contributed by atoms with E-state index >= 15 is 0 Å². The van der Waals surface area contributed by atoms with Crippen LogP contribution in [0.25, 0.3) is 0 Å². The number of hydrogen-bond acceptors (Lipinski definition) is 23. The van der Waals surface area contributed by atoms with Gasteiger partial charge in [-0.3, -0.25) is 0 Å². The first-order valence-electron chi connectivity index (χ1n) is 27.6. The number of rotatable bonds is 16. The van der Waals surface area contributed by atoms with E-state index in [4.69, 9.17) is 37.9 Å². The summed E-state index contributed by atoms with van der Waals surface area (Å²) >= 11 is 0. The van der Waals surface area contributed by atoms with Crippen LogP contribution >= 0.6 is 0 Å². The summed E-state index contributed by atoms with van der Waals surface area (Å²) in [5, 5.41) is 162. The zero-order valence-electron chi connectivity index (χ0n) is 45.5. The van der Waals surface area contributed by atoms with Gasteiger partial charge in [-0.15, -0.1) is 0 Å². The molecule has 29 atom stereocenters. The third kappa shape index (κ3) is 10.8. The van der Waals surface area contributed by atoms with Crippen molar-refractivity contribution in [2.75, 3.05) is 26.4 Å². The molecule has 3 saturated carbocycles. The van der Waals surface area contributed by atoms with Crippen molar-refractivity contribution < 1.29 is 114 Å². The maximum atomic E-state index is 12.8. The van der Waals surface area contributed by atoms with E-state index < -0.39 is 183 Å². The van der Waals surface area contributed by atoms with Crippen LogP contribution in [0.3, 0.4) is 0 Å². The van der Waals surface area contributed by atoms with E-state index in [9.17, 15) is 76.6 Å². The number of fused-ring (bicyclic) bond motifs is 5. The van der Waals surface area contributed by atoms with E-state index in [-0.39, 0.29) is 23.2 Å². The highest BCUT2D eigenvalue weighted by atomic mass is 16.8. The van der Waals surface area contributed by atoms with E-state index in [2.05, 4.69) is 46.8 Å². The predicted octanol–water partition coefficient (Wildman–Crippen LogP) is -2.28. The number of allylic oxidation sites excluding steroid dienone is 3. The molecule has 8 rings (SSSR count). The molecule has 7 fully saturated rings. The van der Waals surface area contributed by atoms with Gasteiger partial charge in [0.2, 0.25) is 0 Å². The van der Waals surface area contributed by atoms with E-state index in [0.717, 1.165) is 17.6 Å². The zero-order chi connectivity index (χ0) is 56.6. The average Bonchev–Trinajstić information content (AvgIpc) is 3.96. The smallest absolute Gasteiger partial charge is 0.187 e. The summed E-state index contributed by atoms with van der Waals surface area (Å²) in [4.78, 5) is 0. The first-order valence-corrected chi connectivity index (χ1v) is 27.6. The van der Waals surface area contributed by atoms with Crippen molar-refractivity contribution >= 4 is 0 Å². The fourth-order valence-electron chi connectivity index (χ4n) is 15.5. The van der Waals surface area contributed by atoms with Crippen LogP contribution in [0.1, 0.15) is 107 Å². The molecule has 23 heteroatoms. The summed E-state index contributed by atoms with van der Waals surface area (Å²) in [6, 6.07) is 0. The van der Waals surface area contributed by atoms with Crippen LogP contribution in [0.2, 0.25) is 0 Å². The molecule has 0 amide bonds. The fraction of sp³-hybridized carbons (Fsp3) is 0.926. The highest BCUT2D eigenvalue weighted by Gasteiger charge is 2.71. The van der Waals surface area contributed by atoms with Crippen molar-refractivity contribution in [3.05, 3.63) is 23.3 Å². The Kier molecular flexibility index (Phi) is 18.7. The molecular weight excluding hydrogens is 1020 g/mol. The maximum Gasteiger partial charge on any atom is 0.187 e. The summed E-state index contributed by atoms with van der Waals surface area (Å²) in [6.07, 6.45) is -24.3. The maximum absolute atomic E-state index is 12.8. The lowest BCUT2D eigenvalue weighted by Crippen LogP contribution is -2.66. The molecule has 0 unspecified atom stereocenters. The zero-order valence-corrected chi connectivity index (χ0v) is 45.5. The fourth-order valence-corrected chi connectivity index (χ4v) is 15.5. The van der Waals surface area contributed by atoms with Gasteiger partial charge in [0, 0.05) is 5.41 Å². The second-order valence-corrected chi connectivity index (χ2v) is 25.3. The van der Waals surface area contributed by atoms with Crippen LogP contribution in [-0.2, 0) is 37.9 Å². The van der Waals surface area contributed by atoms with Crippen molar-refractivity contribution in [2.24, 2.45) is 39.4 Å². The molecule has 23 nitrogen and oxygen atoms in total. The normalized spacial score (nSPS) is 51.6. The molecule has 444 valence electrons. The highest BCUT2D eigenvalue weighted by molar-refractivity contribution is 5.34. The SMILES string of the molecule is CC(C)=CCC[C@](C)(O[C@@H]1O[C@H](CO[C@@H]2O[C@H](CO)[C@@H](O)[C@H](O)[C@H]2O)[C@@H](O)[C@H](O)[C@H]1O)[C@H]1CC[C@]2(C)[C@@H]1[C@@H](O)C[C@@H]1[C@@]3(C)CC[C@@H](O[C@@H]4O[C@H](CO)[C@@H](O)[C@H](O)[C@H]4O[C@@H]4O[C@H](CO)[C@@H](O)[C@H](O)[C@H]4O)C(C)(C)C3=CC[C@]12C. The van der Waals surface area contributed by atoms with Gasteiger partial charge in [-0.05, 0) is 106 Å². The summed E-state index contributed by atoms with van der Waals surface area (Å²) in [6.45, 7) is 14.2. The van der Waals surface area contributed by atoms with Crippen LogP contribution in [0.4, 0.5) is 0 Å². The summed E-state index contributed by atoms with van der Waals surface area (Å²) < 4.78 is 48.8. The van der Waals surface area contributed by atoms with Gasteiger partial charge < -0.3 is 114 Å². The number of aliphatic hydroxyl groups excluding tert-OH is 15. The Hall–Kier alpha value is -1.44. The molecule has 77 heavy (non-hydrogen) atoms. The molecule has 4 heterocycles. The van der Waals surface area contributed by atoms with Crippen LogP contribution < -0.4 is 0 Å². The Morgan fingerprint density at radius 1 is 0.610 bits per heavy atom. The minimum absolute atomic E-state index is 0.0309. The largest absolute Gasteiger partial charge is 0.394 e. The molecule has 0 aromatic heterocycles. The van der Waals surface area contributed by atoms with Crippen LogP contribution in [-0.4, -0.2) is 244 Å². The van der Waals surface area contributed by atoms with Gasteiger partial charge in [-0.1, -0.05) is 57.9 Å². The van der Waals surface area contributed by atoms with E-state index in [1.807, 2.05) is 20.8 Å². The average molecular weight is 1110 g/mol. The number of ether oxygens (including phenoxy) is 8. The van der Waals surface area contributed by atoms with Crippen LogP contribution in [0.15, 0.2) is 23.3 Å². The number of hydrogen-bond donors (Lipinski definition) is 15. The highest BCUT2D eigenvalue weighted by Crippen LogP contribution is 2.75. The van der Waals surface area contributed by atoms with Gasteiger partial charge in [0.05, 0.1) is 44.2 Å². The van der Waals surface area contributed by atoms with E-state index in [0.29, 0.717) is 44.9 Å². The summed E-state index contributed by atoms with van der Waals surface area (Å²) in [5.74, 6) is -0.631. The molecule has 0 aromatic carbocycles. The second kappa shape index (κ2) is 23.3. The Bertz CT molecular complexity index is 2060. The Morgan fingerprint density at radius 2 is 1.13 bits per heavy atom. The first-order chi connectivity index (χ1) is 36.0. The molecule has 8 aliphatic rings. The van der Waals surface area contributed by atoms with Crippen molar-refractivity contribution in [2.45, 2.75) is 247 Å². The van der Waals surface area contributed by atoms with E-state index in [1.54, 1.807) is 0 Å².